The van der Waals surface area contributed by atoms with Gasteiger partial charge in [-0.2, -0.15) is 0 Å². The Balaban J connectivity index is 3.96. The highest BCUT2D eigenvalue weighted by atomic mass is 31.2. The van der Waals surface area contributed by atoms with Crippen LogP contribution in [0.25, 0.3) is 0 Å². The summed E-state index contributed by atoms with van der Waals surface area (Å²) in [7, 11) is -4.58. The van der Waals surface area contributed by atoms with Crippen LogP contribution in [0.15, 0.2) is 0 Å². The smallest absolute Gasteiger partial charge is 0.319 e. The number of aliphatic hydroxyl groups is 3. The van der Waals surface area contributed by atoms with E-state index in [1.165, 1.54) is 0 Å². The fraction of sp³-hybridized carbons (Fsp3) is 1.00. The van der Waals surface area contributed by atoms with Crippen molar-refractivity contribution in [3.63, 3.8) is 0 Å². The van der Waals surface area contributed by atoms with Crippen LogP contribution in [-0.2, 0) is 13.6 Å². The van der Waals surface area contributed by atoms with Gasteiger partial charge in [-0.25, -0.2) is 9.09 Å². The van der Waals surface area contributed by atoms with Crippen LogP contribution in [0.5, 0.6) is 0 Å². The lowest BCUT2D eigenvalue weighted by atomic mass is 10.5. The Bertz CT molecular complexity index is 173. The van der Waals surface area contributed by atoms with Crippen LogP contribution in [0.4, 0.5) is 0 Å². The molecule has 0 fully saturated rings. The summed E-state index contributed by atoms with van der Waals surface area (Å²) in [4.78, 5) is 8.61. The lowest BCUT2D eigenvalue weighted by Gasteiger charge is -2.17. The van der Waals surface area contributed by atoms with Crippen LogP contribution in [0, 0.1) is 0 Å². The number of phosphoric ester groups is 1. The van der Waals surface area contributed by atoms with E-state index in [1.54, 1.807) is 6.92 Å². The normalized spacial score (nSPS) is 17.4. The predicted molar refractivity (Wildman–Crippen MR) is 36.5 cm³/mol. The zero-order valence-corrected chi connectivity index (χ0v) is 7.27. The van der Waals surface area contributed by atoms with Gasteiger partial charge in [0.1, 0.15) is 0 Å². The van der Waals surface area contributed by atoms with E-state index in [2.05, 4.69) is 9.05 Å². The first kappa shape index (κ1) is 12.0. The second-order valence-corrected chi connectivity index (χ2v) is 3.34. The van der Waals surface area contributed by atoms with Crippen molar-refractivity contribution in [2.75, 3.05) is 6.61 Å². The molecule has 0 radical (unpaired) electrons. The van der Waals surface area contributed by atoms with Gasteiger partial charge in [0.05, 0.1) is 6.61 Å². The molecular weight excluding hydrogens is 191 g/mol. The van der Waals surface area contributed by atoms with Gasteiger partial charge < -0.3 is 20.2 Å². The van der Waals surface area contributed by atoms with E-state index in [1.807, 2.05) is 0 Å². The van der Waals surface area contributed by atoms with Crippen molar-refractivity contribution in [3.8, 4) is 0 Å². The minimum atomic E-state index is -4.58. The van der Waals surface area contributed by atoms with Gasteiger partial charge in [0.25, 0.3) is 0 Å². The fourth-order valence-electron chi connectivity index (χ4n) is 0.388. The molecule has 74 valence electrons. The van der Waals surface area contributed by atoms with Crippen molar-refractivity contribution in [2.24, 2.45) is 0 Å². The molecule has 0 aromatic rings. The number of phosphoric acid groups is 1. The van der Waals surface area contributed by atoms with Gasteiger partial charge in [-0.3, -0.25) is 4.52 Å². The molecule has 0 saturated carbocycles. The Morgan fingerprint density at radius 3 is 2.25 bits per heavy atom. The lowest BCUT2D eigenvalue weighted by molar-refractivity contribution is -0.424. The maximum absolute atomic E-state index is 10.6. The topological polar surface area (TPSA) is 116 Å². The molecule has 7 nitrogen and oxygen atoms in total. The van der Waals surface area contributed by atoms with Gasteiger partial charge in [0.15, 0.2) is 0 Å². The van der Waals surface area contributed by atoms with Crippen LogP contribution in [0.1, 0.15) is 13.3 Å². The van der Waals surface area contributed by atoms with Crippen LogP contribution < -0.4 is 0 Å². The largest absolute Gasteiger partial charge is 0.478 e. The Morgan fingerprint density at radius 1 is 1.42 bits per heavy atom. The van der Waals surface area contributed by atoms with E-state index in [0.717, 1.165) is 0 Å². The van der Waals surface area contributed by atoms with Gasteiger partial charge in [0.2, 0.25) is 0 Å². The SMILES string of the molecule is CCCOP(=O)(O)OC(O)(O)O. The van der Waals surface area contributed by atoms with Crippen molar-refractivity contribution in [2.45, 2.75) is 19.5 Å². The van der Waals surface area contributed by atoms with Crippen molar-refractivity contribution in [3.05, 3.63) is 0 Å². The van der Waals surface area contributed by atoms with Gasteiger partial charge in [-0.05, 0) is 6.42 Å². The maximum atomic E-state index is 10.6. The van der Waals surface area contributed by atoms with Gasteiger partial charge in [0, 0.05) is 0 Å². The predicted octanol–water partition coefficient (Wildman–Crippen LogP) is -0.882. The summed E-state index contributed by atoms with van der Waals surface area (Å²) in [6, 6.07) is 0. The molecule has 4 N–H and O–H groups in total. The van der Waals surface area contributed by atoms with Gasteiger partial charge >= 0.3 is 14.0 Å². The van der Waals surface area contributed by atoms with E-state index >= 15 is 0 Å². The molecule has 0 aliphatic heterocycles. The van der Waals surface area contributed by atoms with E-state index in [0.29, 0.717) is 6.42 Å². The first-order valence-electron chi connectivity index (χ1n) is 3.12. The molecule has 1 unspecified atom stereocenters. The summed E-state index contributed by atoms with van der Waals surface area (Å²) >= 11 is 0. The molecule has 0 aliphatic carbocycles. The standard InChI is InChI=1S/C4H11O7P/c1-2-3-10-12(8,9)11-4(5,6)7/h5-7H,2-3H2,1H3,(H,8,9). The highest BCUT2D eigenvalue weighted by Crippen LogP contribution is 2.45. The summed E-state index contributed by atoms with van der Waals surface area (Å²) in [5.74, 6) is 0. The minimum Gasteiger partial charge on any atom is -0.319 e. The Labute approximate surface area is 68.8 Å². The first-order valence-corrected chi connectivity index (χ1v) is 4.61. The first-order chi connectivity index (χ1) is 5.27. The summed E-state index contributed by atoms with van der Waals surface area (Å²) < 4.78 is 18.3. The molecule has 0 heterocycles. The second kappa shape index (κ2) is 4.29. The van der Waals surface area contributed by atoms with Crippen molar-refractivity contribution >= 4 is 7.82 Å². The molecule has 0 saturated heterocycles. The average Bonchev–Trinajstić information content (AvgIpc) is 1.78. The third-order valence-electron chi connectivity index (χ3n) is 0.696. The molecule has 1 atom stereocenters. The zero-order valence-electron chi connectivity index (χ0n) is 6.38. The molecule has 0 aliphatic rings. The summed E-state index contributed by atoms with van der Waals surface area (Å²) in [5.41, 5.74) is 0. The van der Waals surface area contributed by atoms with E-state index in [9.17, 15) is 4.57 Å². The molecular formula is C4H11O7P. The number of hydrogen-bond acceptors (Lipinski definition) is 6. The molecule has 0 aromatic carbocycles. The fourth-order valence-corrected chi connectivity index (χ4v) is 1.16. The Kier molecular flexibility index (Phi) is 4.29. The molecule has 0 bridgehead atoms. The zero-order chi connectivity index (χ0) is 9.83. The second-order valence-electron chi connectivity index (χ2n) is 1.97. The van der Waals surface area contributed by atoms with Gasteiger partial charge in [-0.1, -0.05) is 6.92 Å². The molecule has 0 rings (SSSR count). The molecule has 0 amide bonds. The van der Waals surface area contributed by atoms with Crippen molar-refractivity contribution in [1.29, 1.82) is 0 Å². The quantitative estimate of drug-likeness (QED) is 0.337. The average molecular weight is 202 g/mol. The third-order valence-corrected chi connectivity index (χ3v) is 1.68. The summed E-state index contributed by atoms with van der Waals surface area (Å²) in [5, 5.41) is 24.4. The molecule has 0 spiro atoms. The molecule has 8 heteroatoms. The van der Waals surface area contributed by atoms with E-state index in [4.69, 9.17) is 20.2 Å². The highest BCUT2D eigenvalue weighted by Gasteiger charge is 2.34. The number of rotatable bonds is 5. The molecule has 12 heavy (non-hydrogen) atoms. The Hall–Kier alpha value is -0.0100. The number of hydrogen-bond donors (Lipinski definition) is 4. The Morgan fingerprint density at radius 2 is 1.92 bits per heavy atom. The minimum absolute atomic E-state index is 0.0934. The summed E-state index contributed by atoms with van der Waals surface area (Å²) in [6.45, 7) is 1.58. The van der Waals surface area contributed by atoms with Crippen molar-refractivity contribution < 1.29 is 33.8 Å². The van der Waals surface area contributed by atoms with Crippen molar-refractivity contribution in [1.82, 2.24) is 0 Å². The maximum Gasteiger partial charge on any atom is 0.478 e. The van der Waals surface area contributed by atoms with Crippen LogP contribution in [0.3, 0.4) is 0 Å². The highest BCUT2D eigenvalue weighted by molar-refractivity contribution is 7.47. The summed E-state index contributed by atoms with van der Waals surface area (Å²) in [6.07, 6.45) is -3.21. The molecule has 0 aromatic heterocycles. The monoisotopic (exact) mass is 202 g/mol. The lowest BCUT2D eigenvalue weighted by Crippen LogP contribution is -2.29. The van der Waals surface area contributed by atoms with E-state index in [-0.39, 0.29) is 6.61 Å². The van der Waals surface area contributed by atoms with Crippen LogP contribution in [0.2, 0.25) is 0 Å². The van der Waals surface area contributed by atoms with E-state index < -0.39 is 14.0 Å². The third kappa shape index (κ3) is 6.68. The van der Waals surface area contributed by atoms with Gasteiger partial charge in [-0.15, -0.1) is 0 Å². The van der Waals surface area contributed by atoms with Crippen LogP contribution >= 0.6 is 7.82 Å². The van der Waals surface area contributed by atoms with Crippen LogP contribution in [-0.4, -0.2) is 33.0 Å².